The number of carbonyl (C=O) groups is 4. The molecule has 5 rings (SSSR count). The summed E-state index contributed by atoms with van der Waals surface area (Å²) in [4.78, 5) is 59.2. The maximum absolute atomic E-state index is 14.4. The number of ether oxygens (including phenoxy) is 1. The van der Waals surface area contributed by atoms with E-state index in [0.717, 1.165) is 5.56 Å². The predicted molar refractivity (Wildman–Crippen MR) is 163 cm³/mol. The molecule has 2 aromatic carbocycles. The minimum atomic E-state index is -0.746. The summed E-state index contributed by atoms with van der Waals surface area (Å²) in [5, 5.41) is 7.92. The van der Waals surface area contributed by atoms with Crippen LogP contribution in [0.3, 0.4) is 0 Å². The summed E-state index contributed by atoms with van der Waals surface area (Å²) in [5.41, 5.74) is 6.64. The first kappa shape index (κ1) is 30.7. The van der Waals surface area contributed by atoms with Gasteiger partial charge in [0.1, 0.15) is 29.8 Å². The zero-order valence-electron chi connectivity index (χ0n) is 24.9. The van der Waals surface area contributed by atoms with E-state index in [0.29, 0.717) is 29.4 Å². The number of rotatable bonds is 7. The highest BCUT2D eigenvalue weighted by atomic mass is 35.5. The maximum atomic E-state index is 14.4. The average molecular weight is 620 g/mol. The number of nitrogens with one attached hydrogen (secondary N) is 1. The highest BCUT2D eigenvalue weighted by Crippen LogP contribution is 2.45. The molecule has 230 valence electrons. The number of hydrogen-bond donors (Lipinski definition) is 2. The summed E-state index contributed by atoms with van der Waals surface area (Å²) < 4.78 is 7.99. The molecule has 2 unspecified atom stereocenters. The Morgan fingerprint density at radius 2 is 1.84 bits per heavy atom. The molecule has 1 aromatic heterocycles. The Kier molecular flexibility index (Phi) is 8.46. The van der Waals surface area contributed by atoms with E-state index in [4.69, 9.17) is 27.1 Å². The van der Waals surface area contributed by atoms with Gasteiger partial charge in [0, 0.05) is 36.9 Å². The second-order valence-electron chi connectivity index (χ2n) is 11.7. The van der Waals surface area contributed by atoms with Crippen LogP contribution in [0.15, 0.2) is 59.7 Å². The smallest absolute Gasteiger partial charge is 0.326 e. The number of amidine groups is 1. The fourth-order valence-electron chi connectivity index (χ4n) is 5.27. The SMILES string of the molecule is Cn1ccc(C2N=C(c3ccc(C(=O)CC(N)=O)cc3OC(C)(C)C)N(C(=O)N3CCNC(=O)C3)C2c2ccc(Cl)cc2)n1. The average Bonchev–Trinajstić information content (AvgIpc) is 3.55. The van der Waals surface area contributed by atoms with Crippen molar-refractivity contribution >= 4 is 41.1 Å². The van der Waals surface area contributed by atoms with Crippen LogP contribution in [0.25, 0.3) is 0 Å². The zero-order chi connectivity index (χ0) is 31.8. The van der Waals surface area contributed by atoms with Crippen molar-refractivity contribution in [3.63, 3.8) is 0 Å². The van der Waals surface area contributed by atoms with Gasteiger partial charge in [0.15, 0.2) is 5.78 Å². The molecule has 13 heteroatoms. The maximum Gasteiger partial charge on any atom is 0.326 e. The number of hydrogen-bond acceptors (Lipinski definition) is 7. The van der Waals surface area contributed by atoms with E-state index in [1.807, 2.05) is 39.0 Å². The van der Waals surface area contributed by atoms with Crippen molar-refractivity contribution in [2.45, 2.75) is 44.9 Å². The van der Waals surface area contributed by atoms with Gasteiger partial charge in [-0.05, 0) is 56.7 Å². The van der Waals surface area contributed by atoms with Crippen molar-refractivity contribution in [1.29, 1.82) is 0 Å². The quantitative estimate of drug-likeness (QED) is 0.305. The number of urea groups is 1. The standard InChI is InChI=1S/C31H34ClN7O5/c1-31(2,3)44-24-15-19(23(40)16-25(33)41)7-10-21(24)29-35-27(22-11-13-37(4)36-22)28(18-5-8-20(32)9-6-18)39(29)30(43)38-14-12-34-26(42)17-38/h5-11,13,15,27-28H,12,14,16-17H2,1-4H3,(H2,33,41)(H,34,42). The van der Waals surface area contributed by atoms with Crippen LogP contribution in [-0.2, 0) is 16.6 Å². The number of piperazine rings is 1. The number of aryl methyl sites for hydroxylation is 1. The summed E-state index contributed by atoms with van der Waals surface area (Å²) in [6.07, 6.45) is 1.34. The van der Waals surface area contributed by atoms with Gasteiger partial charge in [-0.1, -0.05) is 29.8 Å². The molecule has 4 amide bonds. The number of aromatic nitrogens is 2. The predicted octanol–water partition coefficient (Wildman–Crippen LogP) is 3.41. The molecule has 44 heavy (non-hydrogen) atoms. The minimum absolute atomic E-state index is 0.115. The highest BCUT2D eigenvalue weighted by molar-refractivity contribution is 6.30. The monoisotopic (exact) mass is 619 g/mol. The number of carbonyl (C=O) groups excluding carboxylic acids is 4. The number of nitrogens with zero attached hydrogens (tertiary/aromatic N) is 5. The molecule has 2 atom stereocenters. The summed E-state index contributed by atoms with van der Waals surface area (Å²) in [6, 6.07) is 12.0. The first-order valence-electron chi connectivity index (χ1n) is 14.1. The number of Topliss-reactive ketones (excluding diaryl/α,β-unsaturated/α-hetero) is 1. The van der Waals surface area contributed by atoms with Crippen LogP contribution < -0.4 is 15.8 Å². The number of primary amides is 1. The van der Waals surface area contributed by atoms with Crippen LogP contribution in [0.2, 0.25) is 5.02 Å². The van der Waals surface area contributed by atoms with E-state index in [2.05, 4.69) is 10.4 Å². The Morgan fingerprint density at radius 3 is 2.45 bits per heavy atom. The molecule has 0 radical (unpaired) electrons. The van der Waals surface area contributed by atoms with Gasteiger partial charge in [-0.15, -0.1) is 0 Å². The Balaban J connectivity index is 1.71. The number of halogens is 1. The molecule has 3 aromatic rings. The molecule has 12 nitrogen and oxygen atoms in total. The number of benzene rings is 2. The van der Waals surface area contributed by atoms with E-state index in [9.17, 15) is 19.2 Å². The Bertz CT molecular complexity index is 1640. The van der Waals surface area contributed by atoms with Crippen LogP contribution in [-0.4, -0.2) is 74.3 Å². The van der Waals surface area contributed by atoms with Crippen LogP contribution in [0.5, 0.6) is 5.75 Å². The molecule has 1 fully saturated rings. The molecular weight excluding hydrogens is 586 g/mol. The molecular formula is C31H34ClN7O5. The van der Waals surface area contributed by atoms with Gasteiger partial charge in [0.2, 0.25) is 11.8 Å². The summed E-state index contributed by atoms with van der Waals surface area (Å²) in [7, 11) is 1.80. The Hall–Kier alpha value is -4.71. The summed E-state index contributed by atoms with van der Waals surface area (Å²) in [6.45, 7) is 6.07. The van der Waals surface area contributed by atoms with Gasteiger partial charge in [-0.3, -0.25) is 29.0 Å². The summed E-state index contributed by atoms with van der Waals surface area (Å²) in [5.74, 6) is -0.902. The Morgan fingerprint density at radius 1 is 1.11 bits per heavy atom. The van der Waals surface area contributed by atoms with E-state index in [1.54, 1.807) is 47.1 Å². The lowest BCUT2D eigenvalue weighted by Crippen LogP contribution is -2.55. The van der Waals surface area contributed by atoms with Crippen molar-refractivity contribution in [3.8, 4) is 5.75 Å². The van der Waals surface area contributed by atoms with Crippen LogP contribution in [0.4, 0.5) is 4.79 Å². The lowest BCUT2D eigenvalue weighted by atomic mass is 9.97. The third-order valence-electron chi connectivity index (χ3n) is 7.13. The largest absolute Gasteiger partial charge is 0.487 e. The topological polar surface area (TPSA) is 152 Å². The lowest BCUT2D eigenvalue weighted by molar-refractivity contribution is -0.123. The number of ketones is 1. The van der Waals surface area contributed by atoms with Crippen molar-refractivity contribution in [3.05, 3.63) is 82.1 Å². The van der Waals surface area contributed by atoms with Gasteiger partial charge in [0.05, 0.1) is 23.7 Å². The van der Waals surface area contributed by atoms with Gasteiger partial charge in [-0.2, -0.15) is 5.10 Å². The van der Waals surface area contributed by atoms with Crippen molar-refractivity contribution in [2.75, 3.05) is 19.6 Å². The zero-order valence-corrected chi connectivity index (χ0v) is 25.7. The van der Waals surface area contributed by atoms with Gasteiger partial charge in [0.25, 0.3) is 0 Å². The number of aliphatic imine (C=N–C) groups is 1. The first-order chi connectivity index (χ1) is 20.8. The number of amides is 4. The molecule has 3 heterocycles. The third kappa shape index (κ3) is 6.60. The molecule has 0 bridgehead atoms. The van der Waals surface area contributed by atoms with E-state index in [-0.39, 0.29) is 29.6 Å². The van der Waals surface area contributed by atoms with Gasteiger partial charge in [-0.25, -0.2) is 4.79 Å². The normalized spacial score (nSPS) is 18.6. The van der Waals surface area contributed by atoms with Crippen molar-refractivity contribution < 1.29 is 23.9 Å². The fourth-order valence-corrected chi connectivity index (χ4v) is 5.39. The molecule has 0 spiro atoms. The lowest BCUT2D eigenvalue weighted by Gasteiger charge is -2.35. The minimum Gasteiger partial charge on any atom is -0.487 e. The van der Waals surface area contributed by atoms with E-state index in [1.165, 1.54) is 11.0 Å². The van der Waals surface area contributed by atoms with Gasteiger partial charge >= 0.3 is 6.03 Å². The fraction of sp³-hybridized carbons (Fsp3) is 0.355. The summed E-state index contributed by atoms with van der Waals surface area (Å²) >= 11 is 6.24. The highest BCUT2D eigenvalue weighted by Gasteiger charge is 2.46. The molecule has 0 aliphatic carbocycles. The third-order valence-corrected chi connectivity index (χ3v) is 7.38. The second-order valence-corrected chi connectivity index (χ2v) is 12.2. The Labute approximate surface area is 259 Å². The van der Waals surface area contributed by atoms with Crippen molar-refractivity contribution in [2.24, 2.45) is 17.8 Å². The second kappa shape index (κ2) is 12.1. The molecule has 2 aliphatic rings. The molecule has 1 saturated heterocycles. The van der Waals surface area contributed by atoms with Crippen LogP contribution in [0.1, 0.15) is 66.5 Å². The first-order valence-corrected chi connectivity index (χ1v) is 14.5. The van der Waals surface area contributed by atoms with Crippen LogP contribution >= 0.6 is 11.6 Å². The molecule has 2 aliphatic heterocycles. The van der Waals surface area contributed by atoms with Crippen molar-refractivity contribution in [1.82, 2.24) is 24.9 Å². The van der Waals surface area contributed by atoms with E-state index >= 15 is 0 Å². The van der Waals surface area contributed by atoms with Gasteiger partial charge < -0.3 is 20.7 Å². The number of nitrogens with two attached hydrogens (primary N) is 1. The molecule has 0 saturated carbocycles. The van der Waals surface area contributed by atoms with E-state index < -0.39 is 41.8 Å². The van der Waals surface area contributed by atoms with Crippen LogP contribution in [0, 0.1) is 0 Å². The molecule has 3 N–H and O–H groups in total.